The number of anilines is 1. The number of nitro groups is 1. The maximum absolute atomic E-state index is 12.2. The van der Waals surface area contributed by atoms with Gasteiger partial charge in [0.15, 0.2) is 0 Å². The highest BCUT2D eigenvalue weighted by molar-refractivity contribution is 7.98. The Morgan fingerprint density at radius 3 is 2.52 bits per heavy atom. The fourth-order valence-electron chi connectivity index (χ4n) is 1.98. The van der Waals surface area contributed by atoms with Crippen molar-refractivity contribution in [2.75, 3.05) is 18.2 Å². The largest absolute Gasteiger partial charge is 0.494 e. The SMILES string of the molecule is CCOc1ccc(NC(=O)c2ccc(SC)c([N+](=O)[O-])c2)cc1. The van der Waals surface area contributed by atoms with E-state index in [9.17, 15) is 14.9 Å². The Balaban J connectivity index is 2.17. The number of hydrogen-bond donors (Lipinski definition) is 1. The van der Waals surface area contributed by atoms with Gasteiger partial charge in [0.25, 0.3) is 11.6 Å². The van der Waals surface area contributed by atoms with Crippen molar-refractivity contribution in [3.8, 4) is 5.75 Å². The number of rotatable bonds is 6. The Morgan fingerprint density at radius 1 is 1.26 bits per heavy atom. The molecule has 1 N–H and O–H groups in total. The summed E-state index contributed by atoms with van der Waals surface area (Å²) in [6.45, 7) is 2.46. The van der Waals surface area contributed by atoms with Crippen LogP contribution in [-0.2, 0) is 0 Å². The van der Waals surface area contributed by atoms with Crippen LogP contribution >= 0.6 is 11.8 Å². The topological polar surface area (TPSA) is 81.5 Å². The molecule has 0 saturated heterocycles. The minimum absolute atomic E-state index is 0.0724. The Kier molecular flexibility index (Phi) is 5.59. The number of hydrogen-bond acceptors (Lipinski definition) is 5. The monoisotopic (exact) mass is 332 g/mol. The van der Waals surface area contributed by atoms with Gasteiger partial charge in [-0.05, 0) is 49.6 Å². The molecule has 0 spiro atoms. The van der Waals surface area contributed by atoms with E-state index >= 15 is 0 Å². The fourth-order valence-corrected chi connectivity index (χ4v) is 2.53. The first kappa shape index (κ1) is 16.8. The summed E-state index contributed by atoms with van der Waals surface area (Å²) in [5.41, 5.74) is 0.760. The van der Waals surface area contributed by atoms with E-state index in [4.69, 9.17) is 4.74 Å². The first-order valence-corrected chi connectivity index (χ1v) is 8.14. The molecule has 0 aliphatic carbocycles. The van der Waals surface area contributed by atoms with Crippen molar-refractivity contribution in [3.63, 3.8) is 0 Å². The van der Waals surface area contributed by atoms with E-state index in [1.165, 1.54) is 17.8 Å². The highest BCUT2D eigenvalue weighted by Crippen LogP contribution is 2.28. The zero-order valence-corrected chi connectivity index (χ0v) is 13.6. The van der Waals surface area contributed by atoms with Crippen LogP contribution in [0.25, 0.3) is 0 Å². The molecule has 0 aliphatic rings. The minimum Gasteiger partial charge on any atom is -0.494 e. The molecule has 0 aliphatic heterocycles. The van der Waals surface area contributed by atoms with Crippen LogP contribution < -0.4 is 10.1 Å². The number of nitrogens with one attached hydrogen (secondary N) is 1. The maximum Gasteiger partial charge on any atom is 0.283 e. The molecule has 120 valence electrons. The van der Waals surface area contributed by atoms with Crippen molar-refractivity contribution in [2.24, 2.45) is 0 Å². The number of thioether (sulfide) groups is 1. The second-order valence-corrected chi connectivity index (χ2v) is 5.40. The summed E-state index contributed by atoms with van der Waals surface area (Å²) in [6.07, 6.45) is 1.75. The zero-order chi connectivity index (χ0) is 16.8. The fraction of sp³-hybridized carbons (Fsp3) is 0.188. The molecule has 0 unspecified atom stereocenters. The molecule has 6 nitrogen and oxygen atoms in total. The molecule has 0 heterocycles. The molecule has 23 heavy (non-hydrogen) atoms. The summed E-state index contributed by atoms with van der Waals surface area (Å²) in [4.78, 5) is 23.3. The average molecular weight is 332 g/mol. The van der Waals surface area contributed by atoms with Gasteiger partial charge in [-0.3, -0.25) is 14.9 Å². The molecule has 0 radical (unpaired) electrons. The standard InChI is InChI=1S/C16H16N2O4S/c1-3-22-13-7-5-12(6-8-13)17-16(19)11-4-9-15(23-2)14(10-11)18(20)21/h4-10H,3H2,1-2H3,(H,17,19). The van der Waals surface area contributed by atoms with Crippen molar-refractivity contribution in [1.82, 2.24) is 0 Å². The lowest BCUT2D eigenvalue weighted by Crippen LogP contribution is -2.12. The lowest BCUT2D eigenvalue weighted by atomic mass is 10.2. The summed E-state index contributed by atoms with van der Waals surface area (Å²) in [7, 11) is 0. The lowest BCUT2D eigenvalue weighted by Gasteiger charge is -2.08. The van der Waals surface area contributed by atoms with Gasteiger partial charge < -0.3 is 10.1 Å². The number of carbonyl (C=O) groups is 1. The predicted molar refractivity (Wildman–Crippen MR) is 90.4 cm³/mol. The van der Waals surface area contributed by atoms with Crippen LogP contribution in [0.5, 0.6) is 5.75 Å². The molecular weight excluding hydrogens is 316 g/mol. The van der Waals surface area contributed by atoms with Crippen LogP contribution in [0.3, 0.4) is 0 Å². The first-order chi connectivity index (χ1) is 11.0. The highest BCUT2D eigenvalue weighted by atomic mass is 32.2. The van der Waals surface area contributed by atoms with Gasteiger partial charge >= 0.3 is 0 Å². The van der Waals surface area contributed by atoms with Crippen LogP contribution in [0, 0.1) is 10.1 Å². The predicted octanol–water partition coefficient (Wildman–Crippen LogP) is 3.97. The van der Waals surface area contributed by atoms with Crippen LogP contribution in [0.1, 0.15) is 17.3 Å². The Labute approximate surface area is 138 Å². The second-order valence-electron chi connectivity index (χ2n) is 4.56. The van der Waals surface area contributed by atoms with Crippen LogP contribution in [-0.4, -0.2) is 23.7 Å². The minimum atomic E-state index is -0.487. The van der Waals surface area contributed by atoms with Gasteiger partial charge in [-0.25, -0.2) is 0 Å². The highest BCUT2D eigenvalue weighted by Gasteiger charge is 2.17. The summed E-state index contributed by atoms with van der Waals surface area (Å²) >= 11 is 1.27. The van der Waals surface area contributed by atoms with Crippen LogP contribution in [0.15, 0.2) is 47.4 Å². The van der Waals surface area contributed by atoms with Crippen LogP contribution in [0.4, 0.5) is 11.4 Å². The Morgan fingerprint density at radius 2 is 1.96 bits per heavy atom. The summed E-state index contributed by atoms with van der Waals surface area (Å²) in [5.74, 6) is 0.315. The summed E-state index contributed by atoms with van der Waals surface area (Å²) < 4.78 is 5.33. The van der Waals surface area contributed by atoms with E-state index in [1.54, 1.807) is 42.7 Å². The first-order valence-electron chi connectivity index (χ1n) is 6.91. The number of nitro benzene ring substituents is 1. The van der Waals surface area contributed by atoms with Crippen LogP contribution in [0.2, 0.25) is 0 Å². The van der Waals surface area contributed by atoms with Crippen molar-refractivity contribution >= 4 is 29.0 Å². The summed E-state index contributed by atoms with van der Waals surface area (Å²) in [6, 6.07) is 11.4. The van der Waals surface area contributed by atoms with Crippen molar-refractivity contribution in [2.45, 2.75) is 11.8 Å². The van der Waals surface area contributed by atoms with E-state index < -0.39 is 10.8 Å². The molecular formula is C16H16N2O4S. The number of benzene rings is 2. The smallest absolute Gasteiger partial charge is 0.283 e. The molecule has 1 amide bonds. The number of nitrogens with zero attached hydrogens (tertiary/aromatic N) is 1. The van der Waals surface area contributed by atoms with Gasteiger partial charge in [0.05, 0.1) is 16.4 Å². The quantitative estimate of drug-likeness (QED) is 0.492. The van der Waals surface area contributed by atoms with Gasteiger partial charge in [-0.15, -0.1) is 11.8 Å². The van der Waals surface area contributed by atoms with Gasteiger partial charge in [0.1, 0.15) is 5.75 Å². The van der Waals surface area contributed by atoms with E-state index in [2.05, 4.69) is 5.32 Å². The molecule has 0 aromatic heterocycles. The van der Waals surface area contributed by atoms with Gasteiger partial charge in [-0.2, -0.15) is 0 Å². The molecule has 0 atom stereocenters. The average Bonchev–Trinajstić information content (AvgIpc) is 2.56. The molecule has 0 fully saturated rings. The number of amides is 1. The van der Waals surface area contributed by atoms with Gasteiger partial charge in [0, 0.05) is 17.3 Å². The third kappa shape index (κ3) is 4.23. The van der Waals surface area contributed by atoms with Gasteiger partial charge in [0.2, 0.25) is 0 Å². The molecule has 2 aromatic rings. The molecule has 2 aromatic carbocycles. The van der Waals surface area contributed by atoms with E-state index in [1.807, 2.05) is 6.92 Å². The van der Waals surface area contributed by atoms with E-state index in [-0.39, 0.29) is 11.3 Å². The van der Waals surface area contributed by atoms with Crippen molar-refractivity contribution < 1.29 is 14.5 Å². The maximum atomic E-state index is 12.2. The third-order valence-corrected chi connectivity index (χ3v) is 3.85. The van der Waals surface area contributed by atoms with Gasteiger partial charge in [-0.1, -0.05) is 0 Å². The number of carbonyl (C=O) groups excluding carboxylic acids is 1. The van der Waals surface area contributed by atoms with E-state index in [0.717, 1.165) is 0 Å². The molecule has 2 rings (SSSR count). The summed E-state index contributed by atoms with van der Waals surface area (Å²) in [5, 5.41) is 13.8. The Hall–Kier alpha value is -2.54. The normalized spacial score (nSPS) is 10.2. The zero-order valence-electron chi connectivity index (χ0n) is 12.7. The molecule has 0 bridgehead atoms. The second kappa shape index (κ2) is 7.64. The Bertz CT molecular complexity index is 717. The third-order valence-electron chi connectivity index (χ3n) is 3.06. The van der Waals surface area contributed by atoms with Crippen molar-refractivity contribution in [1.29, 1.82) is 0 Å². The number of ether oxygens (including phenoxy) is 1. The van der Waals surface area contributed by atoms with E-state index in [0.29, 0.717) is 22.9 Å². The van der Waals surface area contributed by atoms with Crippen molar-refractivity contribution in [3.05, 3.63) is 58.1 Å². The molecule has 0 saturated carbocycles. The lowest BCUT2D eigenvalue weighted by molar-refractivity contribution is -0.387. The molecule has 7 heteroatoms.